The molecule has 0 aliphatic rings. The molecule has 0 saturated heterocycles. The lowest BCUT2D eigenvalue weighted by atomic mass is 10.1. The van der Waals surface area contributed by atoms with Crippen LogP contribution in [0.25, 0.3) is 0 Å². The number of carboxylic acid groups (broad SMARTS) is 2. The summed E-state index contributed by atoms with van der Waals surface area (Å²) in [6.07, 6.45) is 0.415. The second kappa shape index (κ2) is 7.63. The molecule has 2 aromatic rings. The Morgan fingerprint density at radius 2 is 1.76 bits per heavy atom. The van der Waals surface area contributed by atoms with E-state index in [2.05, 4.69) is 5.32 Å². The topological polar surface area (TPSA) is 130 Å². The van der Waals surface area contributed by atoms with Gasteiger partial charge in [0.2, 0.25) is 0 Å². The van der Waals surface area contributed by atoms with Crippen LogP contribution in [-0.2, 0) is 6.42 Å². The van der Waals surface area contributed by atoms with Crippen LogP contribution in [-0.4, -0.2) is 33.6 Å². The van der Waals surface area contributed by atoms with Crippen LogP contribution in [0.2, 0.25) is 5.02 Å². The maximum absolute atomic E-state index is 11.3. The summed E-state index contributed by atoms with van der Waals surface area (Å²) in [4.78, 5) is 32.5. The van der Waals surface area contributed by atoms with Crippen LogP contribution in [0.3, 0.4) is 0 Å². The highest BCUT2D eigenvalue weighted by Gasteiger charge is 2.22. The summed E-state index contributed by atoms with van der Waals surface area (Å²) in [7, 11) is 0. The minimum atomic E-state index is -1.33. The molecule has 9 heteroatoms. The highest BCUT2D eigenvalue weighted by molar-refractivity contribution is 6.31. The number of aromatic carboxylic acids is 2. The summed E-state index contributed by atoms with van der Waals surface area (Å²) in [5.41, 5.74) is 0.111. The van der Waals surface area contributed by atoms with Gasteiger partial charge in [-0.15, -0.1) is 0 Å². The fraction of sp³-hybridized carbons (Fsp3) is 0.125. The van der Waals surface area contributed by atoms with E-state index < -0.39 is 22.5 Å². The van der Waals surface area contributed by atoms with Crippen LogP contribution in [0, 0.1) is 10.1 Å². The molecule has 0 radical (unpaired) electrons. The van der Waals surface area contributed by atoms with Gasteiger partial charge in [-0.2, -0.15) is 0 Å². The van der Waals surface area contributed by atoms with Crippen molar-refractivity contribution in [3.05, 3.63) is 68.2 Å². The number of nitrogens with one attached hydrogen (secondary N) is 1. The zero-order valence-corrected chi connectivity index (χ0v) is 13.5. The molecule has 2 aromatic carbocycles. The molecule has 2 rings (SSSR count). The first-order valence-corrected chi connectivity index (χ1v) is 7.44. The maximum Gasteiger partial charge on any atom is 0.338 e. The monoisotopic (exact) mass is 364 g/mol. The number of hydrogen-bond acceptors (Lipinski definition) is 5. The Labute approximate surface area is 146 Å². The molecule has 0 atom stereocenters. The lowest BCUT2D eigenvalue weighted by molar-refractivity contribution is -0.384. The normalized spacial score (nSPS) is 10.3. The average molecular weight is 365 g/mol. The van der Waals surface area contributed by atoms with Gasteiger partial charge in [0.05, 0.1) is 16.1 Å². The molecule has 0 aliphatic carbocycles. The molecule has 3 N–H and O–H groups in total. The highest BCUT2D eigenvalue weighted by atomic mass is 35.5. The van der Waals surface area contributed by atoms with Crippen molar-refractivity contribution in [2.45, 2.75) is 6.42 Å². The third-order valence-electron chi connectivity index (χ3n) is 3.43. The number of nitrogens with zero attached hydrogens (tertiary/aromatic N) is 1. The summed E-state index contributed by atoms with van der Waals surface area (Å²) >= 11 is 5.74. The third kappa shape index (κ3) is 4.45. The number of carbonyl (C=O) groups is 2. The molecule has 0 fully saturated rings. The lowest BCUT2D eigenvalue weighted by Gasteiger charge is -2.11. The Bertz CT molecular complexity index is 800. The van der Waals surface area contributed by atoms with Gasteiger partial charge in [0.1, 0.15) is 5.69 Å². The van der Waals surface area contributed by atoms with Crippen molar-refractivity contribution in [2.24, 2.45) is 0 Å². The van der Waals surface area contributed by atoms with Crippen LogP contribution in [0.1, 0.15) is 26.3 Å². The maximum atomic E-state index is 11.3. The molecule has 0 aromatic heterocycles. The largest absolute Gasteiger partial charge is 0.478 e. The Morgan fingerprint density at radius 1 is 1.12 bits per heavy atom. The van der Waals surface area contributed by atoms with Crippen molar-refractivity contribution in [1.82, 2.24) is 0 Å². The van der Waals surface area contributed by atoms with E-state index in [9.17, 15) is 24.8 Å². The van der Waals surface area contributed by atoms with Crippen molar-refractivity contribution in [3.8, 4) is 0 Å². The second-order valence-corrected chi connectivity index (χ2v) is 5.53. The van der Waals surface area contributed by atoms with Crippen LogP contribution in [0.4, 0.5) is 11.4 Å². The summed E-state index contributed by atoms with van der Waals surface area (Å²) in [5, 5.41) is 31.9. The van der Waals surface area contributed by atoms with E-state index in [0.29, 0.717) is 6.42 Å². The summed E-state index contributed by atoms with van der Waals surface area (Å²) in [5.74, 6) is -2.37. The zero-order chi connectivity index (χ0) is 18.6. The lowest BCUT2D eigenvalue weighted by Crippen LogP contribution is -2.12. The van der Waals surface area contributed by atoms with Crippen LogP contribution >= 0.6 is 11.6 Å². The van der Waals surface area contributed by atoms with Crippen molar-refractivity contribution in [3.63, 3.8) is 0 Å². The van der Waals surface area contributed by atoms with Crippen LogP contribution in [0.5, 0.6) is 0 Å². The number of halogens is 1. The average Bonchev–Trinajstić information content (AvgIpc) is 2.55. The zero-order valence-electron chi connectivity index (χ0n) is 12.7. The molecular formula is C16H13ClN2O6. The van der Waals surface area contributed by atoms with Gasteiger partial charge in [0.15, 0.2) is 0 Å². The first kappa shape index (κ1) is 18.2. The highest BCUT2D eigenvalue weighted by Crippen LogP contribution is 2.32. The van der Waals surface area contributed by atoms with Gasteiger partial charge in [-0.25, -0.2) is 9.59 Å². The van der Waals surface area contributed by atoms with Crippen molar-refractivity contribution in [2.75, 3.05) is 11.9 Å². The minimum absolute atomic E-state index is 0.0427. The van der Waals surface area contributed by atoms with E-state index in [1.54, 1.807) is 12.1 Å². The second-order valence-electron chi connectivity index (χ2n) is 5.09. The summed E-state index contributed by atoms with van der Waals surface area (Å²) < 4.78 is 0. The predicted molar refractivity (Wildman–Crippen MR) is 90.7 cm³/mol. The number of nitro groups is 1. The number of anilines is 1. The first-order valence-electron chi connectivity index (χ1n) is 7.07. The van der Waals surface area contributed by atoms with E-state index in [1.807, 2.05) is 0 Å². The van der Waals surface area contributed by atoms with Gasteiger partial charge >= 0.3 is 11.9 Å². The SMILES string of the molecule is O=C(O)c1ccc(CCNc2c(C(=O)O)cc(Cl)cc2[N+](=O)[O-])cc1. The number of hydrogen-bond donors (Lipinski definition) is 3. The van der Waals surface area contributed by atoms with E-state index >= 15 is 0 Å². The van der Waals surface area contributed by atoms with Gasteiger partial charge in [-0.05, 0) is 30.2 Å². The fourth-order valence-corrected chi connectivity index (χ4v) is 2.45. The number of nitro benzene ring substituents is 1. The molecule has 0 saturated carbocycles. The van der Waals surface area contributed by atoms with E-state index in [1.165, 1.54) is 12.1 Å². The quantitative estimate of drug-likeness (QED) is 0.507. The van der Waals surface area contributed by atoms with Crippen molar-refractivity contribution < 1.29 is 24.7 Å². The summed E-state index contributed by atoms with van der Waals surface area (Å²) in [6.45, 7) is 0.217. The molecule has 0 bridgehead atoms. The van der Waals surface area contributed by atoms with E-state index in [4.69, 9.17) is 16.7 Å². The molecule has 0 aliphatic heterocycles. The number of benzene rings is 2. The fourth-order valence-electron chi connectivity index (χ4n) is 2.24. The van der Waals surface area contributed by atoms with Gasteiger partial charge in [0.25, 0.3) is 5.69 Å². The van der Waals surface area contributed by atoms with E-state index in [-0.39, 0.29) is 28.4 Å². The van der Waals surface area contributed by atoms with Crippen LogP contribution < -0.4 is 5.32 Å². The standard InChI is InChI=1S/C16H13ClN2O6/c17-11-7-12(16(22)23)14(13(8-11)19(24)25)18-6-5-9-1-3-10(4-2-9)15(20)21/h1-4,7-8,18H,5-6H2,(H,20,21)(H,22,23). The smallest absolute Gasteiger partial charge is 0.338 e. The molecule has 0 spiro atoms. The van der Waals surface area contributed by atoms with Crippen molar-refractivity contribution in [1.29, 1.82) is 0 Å². The van der Waals surface area contributed by atoms with E-state index in [0.717, 1.165) is 17.7 Å². The molecule has 8 nitrogen and oxygen atoms in total. The minimum Gasteiger partial charge on any atom is -0.478 e. The van der Waals surface area contributed by atoms with Gasteiger partial charge in [-0.1, -0.05) is 23.7 Å². The molecule has 25 heavy (non-hydrogen) atoms. The predicted octanol–water partition coefficient (Wildman–Crippen LogP) is 3.30. The van der Waals surface area contributed by atoms with Gasteiger partial charge in [-0.3, -0.25) is 10.1 Å². The summed E-state index contributed by atoms with van der Waals surface area (Å²) in [6, 6.07) is 8.37. The first-order chi connectivity index (χ1) is 11.8. The Balaban J connectivity index is 2.18. The Hall–Kier alpha value is -3.13. The van der Waals surface area contributed by atoms with Crippen molar-refractivity contribution >= 4 is 34.9 Å². The third-order valence-corrected chi connectivity index (χ3v) is 3.64. The number of rotatable bonds is 7. The Kier molecular flexibility index (Phi) is 5.56. The van der Waals surface area contributed by atoms with Gasteiger partial charge in [0, 0.05) is 17.6 Å². The Morgan fingerprint density at radius 3 is 2.28 bits per heavy atom. The molecule has 0 amide bonds. The molecule has 130 valence electrons. The number of carboxylic acids is 2. The molecule has 0 unspecified atom stereocenters. The van der Waals surface area contributed by atoms with Crippen LogP contribution in [0.15, 0.2) is 36.4 Å². The molecular weight excluding hydrogens is 352 g/mol. The van der Waals surface area contributed by atoms with Gasteiger partial charge < -0.3 is 15.5 Å². The molecule has 0 heterocycles.